The molecule has 1 saturated carbocycles. The molecule has 1 aliphatic heterocycles. The maximum absolute atomic E-state index is 13.0. The highest BCUT2D eigenvalue weighted by Gasteiger charge is 2.29. The monoisotopic (exact) mass is 392 g/mol. The van der Waals surface area contributed by atoms with E-state index in [9.17, 15) is 4.79 Å². The van der Waals surface area contributed by atoms with Gasteiger partial charge in [0.15, 0.2) is 11.5 Å². The summed E-state index contributed by atoms with van der Waals surface area (Å²) in [5.74, 6) is 1.77. The third kappa shape index (κ3) is 4.63. The van der Waals surface area contributed by atoms with Crippen molar-refractivity contribution in [1.29, 1.82) is 0 Å². The molecule has 1 aromatic carbocycles. The van der Waals surface area contributed by atoms with E-state index in [0.29, 0.717) is 30.3 Å². The number of urea groups is 1. The smallest absolute Gasteiger partial charge is 0.318 e. The maximum atomic E-state index is 13.0. The molecular weight excluding hydrogens is 360 g/mol. The molecule has 2 amide bonds. The number of nitrogens with zero attached hydrogens (tertiary/aromatic N) is 1. The van der Waals surface area contributed by atoms with Crippen molar-refractivity contribution in [2.24, 2.45) is 0 Å². The summed E-state index contributed by atoms with van der Waals surface area (Å²) in [6.07, 6.45) is 6.58. The second-order valence-corrected chi connectivity index (χ2v) is 7.38. The van der Waals surface area contributed by atoms with Crippen LogP contribution in [0.25, 0.3) is 0 Å². The second-order valence-electron chi connectivity index (χ2n) is 7.38. The molecule has 2 fully saturated rings. The van der Waals surface area contributed by atoms with E-state index in [2.05, 4.69) is 5.32 Å². The van der Waals surface area contributed by atoms with Crippen LogP contribution in [0, 0.1) is 0 Å². The van der Waals surface area contributed by atoms with Gasteiger partial charge in [0, 0.05) is 24.8 Å². The van der Waals surface area contributed by atoms with Crippen molar-refractivity contribution < 1.29 is 23.7 Å². The molecule has 1 saturated heterocycles. The Bertz CT molecular complexity index is 654. The summed E-state index contributed by atoms with van der Waals surface area (Å²) < 4.78 is 22.1. The van der Waals surface area contributed by atoms with Gasteiger partial charge in [0.1, 0.15) is 0 Å². The summed E-state index contributed by atoms with van der Waals surface area (Å²) in [4.78, 5) is 15.0. The molecular formula is C21H32N2O5. The van der Waals surface area contributed by atoms with Crippen molar-refractivity contribution >= 4 is 6.03 Å². The Hall–Kier alpha value is -2.15. The van der Waals surface area contributed by atoms with Crippen molar-refractivity contribution in [3.8, 4) is 17.2 Å². The topological polar surface area (TPSA) is 69.3 Å². The lowest BCUT2D eigenvalue weighted by molar-refractivity contribution is 0.106. The van der Waals surface area contributed by atoms with Gasteiger partial charge in [0.05, 0.1) is 34.0 Å². The van der Waals surface area contributed by atoms with Crippen molar-refractivity contribution in [2.75, 3.05) is 34.5 Å². The minimum Gasteiger partial charge on any atom is -0.493 e. The molecule has 1 atom stereocenters. The van der Waals surface area contributed by atoms with E-state index < -0.39 is 0 Å². The van der Waals surface area contributed by atoms with Gasteiger partial charge >= 0.3 is 6.03 Å². The fourth-order valence-corrected chi connectivity index (χ4v) is 4.16. The first-order valence-corrected chi connectivity index (χ1v) is 10.1. The van der Waals surface area contributed by atoms with Crippen LogP contribution in [-0.4, -0.2) is 57.6 Å². The van der Waals surface area contributed by atoms with E-state index in [4.69, 9.17) is 18.9 Å². The molecule has 0 bridgehead atoms. The number of carbonyl (C=O) groups is 1. The zero-order valence-electron chi connectivity index (χ0n) is 17.2. The van der Waals surface area contributed by atoms with E-state index in [1.807, 2.05) is 17.0 Å². The number of rotatable bonds is 8. The van der Waals surface area contributed by atoms with Gasteiger partial charge in [-0.1, -0.05) is 12.8 Å². The van der Waals surface area contributed by atoms with Crippen molar-refractivity contribution in [2.45, 2.75) is 57.2 Å². The number of hydrogen-bond donors (Lipinski definition) is 1. The second kappa shape index (κ2) is 9.87. The molecule has 7 nitrogen and oxygen atoms in total. The SMILES string of the molecule is COc1ccc(CN(C(=O)NC[C@@H]2CCCO2)C2CCCC2)c(OC)c1OC. The van der Waals surface area contributed by atoms with Gasteiger partial charge < -0.3 is 29.2 Å². The molecule has 0 aromatic heterocycles. The summed E-state index contributed by atoms with van der Waals surface area (Å²) in [7, 11) is 4.80. The van der Waals surface area contributed by atoms with Gasteiger partial charge in [-0.05, 0) is 37.8 Å². The minimum absolute atomic E-state index is 0.0424. The largest absolute Gasteiger partial charge is 0.493 e. The number of carbonyl (C=O) groups excluding carboxylic acids is 1. The van der Waals surface area contributed by atoms with Crippen LogP contribution in [0.5, 0.6) is 17.2 Å². The van der Waals surface area contributed by atoms with Gasteiger partial charge in [0.2, 0.25) is 5.75 Å². The zero-order chi connectivity index (χ0) is 19.9. The van der Waals surface area contributed by atoms with Gasteiger partial charge in [-0.2, -0.15) is 0 Å². The Morgan fingerprint density at radius 2 is 1.82 bits per heavy atom. The number of amides is 2. The zero-order valence-corrected chi connectivity index (χ0v) is 17.2. The lowest BCUT2D eigenvalue weighted by Crippen LogP contribution is -2.46. The quantitative estimate of drug-likeness (QED) is 0.735. The van der Waals surface area contributed by atoms with Crippen molar-refractivity contribution in [3.63, 3.8) is 0 Å². The summed E-state index contributed by atoms with van der Waals surface area (Å²) in [5.41, 5.74) is 0.902. The highest BCUT2D eigenvalue weighted by Crippen LogP contribution is 2.40. The van der Waals surface area contributed by atoms with Crippen LogP contribution in [0.2, 0.25) is 0 Å². The van der Waals surface area contributed by atoms with Gasteiger partial charge in [0.25, 0.3) is 0 Å². The summed E-state index contributed by atoms with van der Waals surface area (Å²) >= 11 is 0. The van der Waals surface area contributed by atoms with Crippen LogP contribution in [0.3, 0.4) is 0 Å². The number of benzene rings is 1. The fourth-order valence-electron chi connectivity index (χ4n) is 4.16. The van der Waals surface area contributed by atoms with Crippen LogP contribution in [0.4, 0.5) is 4.79 Å². The maximum Gasteiger partial charge on any atom is 0.318 e. The van der Waals surface area contributed by atoms with Gasteiger partial charge in [-0.25, -0.2) is 4.79 Å². The highest BCUT2D eigenvalue weighted by molar-refractivity contribution is 5.75. The number of nitrogens with one attached hydrogen (secondary N) is 1. The minimum atomic E-state index is -0.0424. The van der Waals surface area contributed by atoms with E-state index in [1.54, 1.807) is 21.3 Å². The molecule has 0 radical (unpaired) electrons. The molecule has 0 spiro atoms. The standard InChI is InChI=1S/C21H32N2O5/c1-25-18-11-10-15(19(26-2)20(18)27-3)14-23(16-7-4-5-8-16)21(24)22-13-17-9-6-12-28-17/h10-11,16-17H,4-9,12-14H2,1-3H3,(H,22,24)/t17-/m0/s1. The molecule has 0 unspecified atom stereocenters. The Labute approximate surface area is 167 Å². The van der Waals surface area contributed by atoms with E-state index >= 15 is 0 Å². The van der Waals surface area contributed by atoms with Crippen LogP contribution in [-0.2, 0) is 11.3 Å². The predicted molar refractivity (Wildman–Crippen MR) is 106 cm³/mol. The molecule has 156 valence electrons. The highest BCUT2D eigenvalue weighted by atomic mass is 16.5. The first-order chi connectivity index (χ1) is 13.7. The Morgan fingerprint density at radius 1 is 1.07 bits per heavy atom. The molecule has 1 aromatic rings. The number of ether oxygens (including phenoxy) is 4. The number of hydrogen-bond acceptors (Lipinski definition) is 5. The van der Waals surface area contributed by atoms with E-state index in [0.717, 1.165) is 50.7 Å². The molecule has 7 heteroatoms. The van der Waals surface area contributed by atoms with E-state index in [-0.39, 0.29) is 18.2 Å². The van der Waals surface area contributed by atoms with Crippen LogP contribution in [0.15, 0.2) is 12.1 Å². The molecule has 28 heavy (non-hydrogen) atoms. The van der Waals surface area contributed by atoms with Gasteiger partial charge in [-0.15, -0.1) is 0 Å². The summed E-state index contributed by atoms with van der Waals surface area (Å²) in [6, 6.07) is 3.99. The number of methoxy groups -OCH3 is 3. The van der Waals surface area contributed by atoms with Crippen LogP contribution in [0.1, 0.15) is 44.1 Å². The molecule has 3 rings (SSSR count). The third-order valence-electron chi connectivity index (χ3n) is 5.66. The fraction of sp³-hybridized carbons (Fsp3) is 0.667. The molecule has 2 aliphatic rings. The lowest BCUT2D eigenvalue weighted by atomic mass is 10.1. The van der Waals surface area contributed by atoms with Crippen molar-refractivity contribution in [1.82, 2.24) is 10.2 Å². The molecule has 1 N–H and O–H groups in total. The Balaban J connectivity index is 1.78. The van der Waals surface area contributed by atoms with Crippen LogP contribution < -0.4 is 19.5 Å². The normalized spacial score (nSPS) is 19.5. The lowest BCUT2D eigenvalue weighted by Gasteiger charge is -2.30. The first-order valence-electron chi connectivity index (χ1n) is 10.1. The van der Waals surface area contributed by atoms with Crippen molar-refractivity contribution in [3.05, 3.63) is 17.7 Å². The summed E-state index contributed by atoms with van der Waals surface area (Å²) in [6.45, 7) is 1.81. The average molecular weight is 392 g/mol. The third-order valence-corrected chi connectivity index (χ3v) is 5.66. The summed E-state index contributed by atoms with van der Waals surface area (Å²) in [5, 5.41) is 3.08. The Kier molecular flexibility index (Phi) is 7.25. The first kappa shape index (κ1) is 20.6. The van der Waals surface area contributed by atoms with Crippen LogP contribution >= 0.6 is 0 Å². The predicted octanol–water partition coefficient (Wildman–Crippen LogP) is 3.35. The Morgan fingerprint density at radius 3 is 2.43 bits per heavy atom. The van der Waals surface area contributed by atoms with E-state index in [1.165, 1.54) is 0 Å². The molecule has 1 aliphatic carbocycles. The molecule has 1 heterocycles. The van der Waals surface area contributed by atoms with Gasteiger partial charge in [-0.3, -0.25) is 0 Å². The average Bonchev–Trinajstić information content (AvgIpc) is 3.43.